The molecule has 2 aliphatic rings. The smallest absolute Gasteiger partial charge is 0.251 e. The van der Waals surface area contributed by atoms with Crippen LogP contribution in [0.4, 0.5) is 5.95 Å². The van der Waals surface area contributed by atoms with Crippen molar-refractivity contribution in [3.63, 3.8) is 0 Å². The number of anilines is 1. The number of carbonyl (C=O) groups excluding carboxylic acids is 1. The van der Waals surface area contributed by atoms with Gasteiger partial charge < -0.3 is 25.2 Å². The van der Waals surface area contributed by atoms with Crippen molar-refractivity contribution in [3.05, 3.63) is 23.8 Å². The number of hydrogen-bond acceptors (Lipinski definition) is 5. The maximum absolute atomic E-state index is 12.5. The summed E-state index contributed by atoms with van der Waals surface area (Å²) in [6.45, 7) is 4.23. The number of aliphatic hydroxyl groups excluding tert-OH is 1. The molecule has 7 heteroatoms. The number of hydrogen-bond donors (Lipinski definition) is 3. The summed E-state index contributed by atoms with van der Waals surface area (Å²) >= 11 is 0. The van der Waals surface area contributed by atoms with Crippen LogP contribution in [0.1, 0.15) is 29.6 Å². The molecule has 1 aromatic carbocycles. The summed E-state index contributed by atoms with van der Waals surface area (Å²) in [6, 6.07) is 5.69. The number of nitrogens with one attached hydrogen (secondary N) is 2. The van der Waals surface area contributed by atoms with E-state index in [0.29, 0.717) is 18.0 Å². The molecular formula is C19H27N5O2. The quantitative estimate of drug-likeness (QED) is 0.757. The Morgan fingerprint density at radius 1 is 1.35 bits per heavy atom. The summed E-state index contributed by atoms with van der Waals surface area (Å²) in [7, 11) is 1.98. The van der Waals surface area contributed by atoms with Crippen LogP contribution in [-0.4, -0.2) is 59.4 Å². The third kappa shape index (κ3) is 3.41. The first kappa shape index (κ1) is 17.3. The fourth-order valence-corrected chi connectivity index (χ4v) is 3.96. The number of β-amino-alcohol motifs (C(OH)–C–C–N with tert-alkyl or cyclic N) is 1. The molecule has 1 amide bonds. The lowest BCUT2D eigenvalue weighted by atomic mass is 9.98. The average Bonchev–Trinajstić information content (AvgIpc) is 3.23. The fraction of sp³-hybridized carbons (Fsp3) is 0.579. The number of rotatable bonds is 4. The maximum Gasteiger partial charge on any atom is 0.251 e. The van der Waals surface area contributed by atoms with Crippen LogP contribution in [0.5, 0.6) is 0 Å². The van der Waals surface area contributed by atoms with Crippen LogP contribution in [0.25, 0.3) is 11.0 Å². The van der Waals surface area contributed by atoms with Gasteiger partial charge in [-0.3, -0.25) is 4.79 Å². The van der Waals surface area contributed by atoms with Crippen molar-refractivity contribution in [3.8, 4) is 0 Å². The summed E-state index contributed by atoms with van der Waals surface area (Å²) in [5.74, 6) is 1.38. The van der Waals surface area contributed by atoms with Gasteiger partial charge in [-0.15, -0.1) is 0 Å². The number of piperidine rings is 1. The average molecular weight is 357 g/mol. The SMILES string of the molecule is Cn1c(N2CC[C@H](O)C2)nc2cc(C(=O)NCC3CCNCC3)ccc21. The molecule has 2 saturated heterocycles. The second-order valence-electron chi connectivity index (χ2n) is 7.47. The number of aliphatic hydroxyl groups is 1. The summed E-state index contributed by atoms with van der Waals surface area (Å²) in [5, 5.41) is 16.2. The largest absolute Gasteiger partial charge is 0.391 e. The lowest BCUT2D eigenvalue weighted by Crippen LogP contribution is -2.35. The Kier molecular flexibility index (Phi) is 4.82. The molecule has 0 radical (unpaired) electrons. The maximum atomic E-state index is 12.5. The number of nitrogens with zero attached hydrogens (tertiary/aromatic N) is 3. The summed E-state index contributed by atoms with van der Waals surface area (Å²) < 4.78 is 2.03. The second kappa shape index (κ2) is 7.25. The lowest BCUT2D eigenvalue weighted by molar-refractivity contribution is 0.0944. The first-order chi connectivity index (χ1) is 12.6. The zero-order chi connectivity index (χ0) is 18.1. The Balaban J connectivity index is 1.49. The number of carbonyl (C=O) groups is 1. The van der Waals surface area contributed by atoms with E-state index in [1.807, 2.05) is 29.8 Å². The highest BCUT2D eigenvalue weighted by atomic mass is 16.3. The van der Waals surface area contributed by atoms with Crippen LogP contribution in [0, 0.1) is 5.92 Å². The van der Waals surface area contributed by atoms with Gasteiger partial charge in [0.05, 0.1) is 17.1 Å². The van der Waals surface area contributed by atoms with E-state index in [0.717, 1.165) is 62.4 Å². The first-order valence-corrected chi connectivity index (χ1v) is 9.50. The predicted octanol–water partition coefficient (Wildman–Crippen LogP) is 0.874. The topological polar surface area (TPSA) is 82.4 Å². The van der Waals surface area contributed by atoms with Gasteiger partial charge in [-0.1, -0.05) is 0 Å². The van der Waals surface area contributed by atoms with E-state index in [-0.39, 0.29) is 12.0 Å². The zero-order valence-electron chi connectivity index (χ0n) is 15.2. The first-order valence-electron chi connectivity index (χ1n) is 9.50. The molecule has 0 spiro atoms. The molecule has 2 fully saturated rings. The van der Waals surface area contributed by atoms with Crippen molar-refractivity contribution in [2.24, 2.45) is 13.0 Å². The molecule has 26 heavy (non-hydrogen) atoms. The van der Waals surface area contributed by atoms with Crippen molar-refractivity contribution < 1.29 is 9.90 Å². The number of imidazole rings is 1. The highest BCUT2D eigenvalue weighted by Gasteiger charge is 2.24. The third-order valence-electron chi connectivity index (χ3n) is 5.58. The number of amides is 1. The molecule has 1 atom stereocenters. The monoisotopic (exact) mass is 357 g/mol. The molecule has 0 unspecified atom stereocenters. The second-order valence-corrected chi connectivity index (χ2v) is 7.47. The van der Waals surface area contributed by atoms with E-state index in [4.69, 9.17) is 4.98 Å². The normalized spacial score (nSPS) is 21.5. The molecule has 0 aliphatic carbocycles. The van der Waals surface area contributed by atoms with Gasteiger partial charge in [0.2, 0.25) is 5.95 Å². The van der Waals surface area contributed by atoms with E-state index in [9.17, 15) is 9.90 Å². The van der Waals surface area contributed by atoms with E-state index in [1.54, 1.807) is 0 Å². The van der Waals surface area contributed by atoms with E-state index < -0.39 is 0 Å². The van der Waals surface area contributed by atoms with Crippen LogP contribution in [0.2, 0.25) is 0 Å². The van der Waals surface area contributed by atoms with Crippen molar-refractivity contribution in [1.82, 2.24) is 20.2 Å². The Bertz CT molecular complexity index is 797. The molecule has 7 nitrogen and oxygen atoms in total. The summed E-state index contributed by atoms with van der Waals surface area (Å²) in [6.07, 6.45) is 2.72. The van der Waals surface area contributed by atoms with Gasteiger partial charge in [-0.25, -0.2) is 4.98 Å². The van der Waals surface area contributed by atoms with Gasteiger partial charge in [0.25, 0.3) is 5.91 Å². The lowest BCUT2D eigenvalue weighted by Gasteiger charge is -2.22. The number of aryl methyl sites for hydroxylation is 1. The predicted molar refractivity (Wildman–Crippen MR) is 101 cm³/mol. The van der Waals surface area contributed by atoms with Gasteiger partial charge in [0.15, 0.2) is 0 Å². The highest BCUT2D eigenvalue weighted by molar-refractivity contribution is 5.97. The highest BCUT2D eigenvalue weighted by Crippen LogP contribution is 2.25. The molecule has 0 bridgehead atoms. The number of benzene rings is 1. The minimum atomic E-state index is -0.286. The van der Waals surface area contributed by atoms with Gasteiger partial charge in [-0.2, -0.15) is 0 Å². The molecule has 4 rings (SSSR count). The number of fused-ring (bicyclic) bond motifs is 1. The van der Waals surface area contributed by atoms with Crippen LogP contribution in [-0.2, 0) is 7.05 Å². The number of aromatic nitrogens is 2. The third-order valence-corrected chi connectivity index (χ3v) is 5.58. The molecule has 140 valence electrons. The van der Waals surface area contributed by atoms with Crippen LogP contribution >= 0.6 is 0 Å². The van der Waals surface area contributed by atoms with Crippen molar-refractivity contribution in [1.29, 1.82) is 0 Å². The Hall–Kier alpha value is -2.12. The van der Waals surface area contributed by atoms with E-state index >= 15 is 0 Å². The van der Waals surface area contributed by atoms with Crippen molar-refractivity contribution in [2.75, 3.05) is 37.6 Å². The van der Waals surface area contributed by atoms with Gasteiger partial charge in [0.1, 0.15) is 0 Å². The fourth-order valence-electron chi connectivity index (χ4n) is 3.96. The molecule has 1 aromatic heterocycles. The molecule has 3 heterocycles. The minimum absolute atomic E-state index is 0.0331. The Labute approximate surface area is 153 Å². The molecule has 3 N–H and O–H groups in total. The Morgan fingerprint density at radius 2 is 2.15 bits per heavy atom. The van der Waals surface area contributed by atoms with Crippen molar-refractivity contribution >= 4 is 22.9 Å². The van der Waals surface area contributed by atoms with Gasteiger partial charge in [0, 0.05) is 32.2 Å². The summed E-state index contributed by atoms with van der Waals surface area (Å²) in [5.41, 5.74) is 2.47. The van der Waals surface area contributed by atoms with Gasteiger partial charge >= 0.3 is 0 Å². The molecular weight excluding hydrogens is 330 g/mol. The van der Waals surface area contributed by atoms with Crippen LogP contribution < -0.4 is 15.5 Å². The molecule has 2 aliphatic heterocycles. The molecule has 0 saturated carbocycles. The molecule has 2 aromatic rings. The standard InChI is InChI=1S/C19H27N5O2/c1-23-17-3-2-14(18(26)21-11-13-4-7-20-8-5-13)10-16(17)22-19(23)24-9-6-15(25)12-24/h2-3,10,13,15,20,25H,4-9,11-12H2,1H3,(H,21,26)/t15-/m0/s1. The van der Waals surface area contributed by atoms with Crippen molar-refractivity contribution in [2.45, 2.75) is 25.4 Å². The van der Waals surface area contributed by atoms with Crippen LogP contribution in [0.15, 0.2) is 18.2 Å². The summed E-state index contributed by atoms with van der Waals surface area (Å²) in [4.78, 5) is 19.3. The minimum Gasteiger partial charge on any atom is -0.391 e. The zero-order valence-corrected chi connectivity index (χ0v) is 15.2. The van der Waals surface area contributed by atoms with E-state index in [1.165, 1.54) is 0 Å². The van der Waals surface area contributed by atoms with Crippen LogP contribution in [0.3, 0.4) is 0 Å². The Morgan fingerprint density at radius 3 is 2.88 bits per heavy atom. The van der Waals surface area contributed by atoms with Gasteiger partial charge in [-0.05, 0) is 56.5 Å². The van der Waals surface area contributed by atoms with E-state index in [2.05, 4.69) is 15.5 Å².